The van der Waals surface area contributed by atoms with Crippen LogP contribution in [0.4, 0.5) is 5.69 Å². The third-order valence-electron chi connectivity index (χ3n) is 2.97. The van der Waals surface area contributed by atoms with Crippen molar-refractivity contribution in [2.45, 2.75) is 20.0 Å². The lowest BCUT2D eigenvalue weighted by Gasteiger charge is -2.15. The molecule has 120 valence electrons. The van der Waals surface area contributed by atoms with E-state index in [0.717, 1.165) is 0 Å². The van der Waals surface area contributed by atoms with Gasteiger partial charge in [0.15, 0.2) is 0 Å². The number of ether oxygens (including phenoxy) is 1. The van der Waals surface area contributed by atoms with Crippen molar-refractivity contribution in [1.29, 1.82) is 0 Å². The highest BCUT2D eigenvalue weighted by Crippen LogP contribution is 2.24. The van der Waals surface area contributed by atoms with E-state index in [-0.39, 0.29) is 24.5 Å². The predicted octanol–water partition coefficient (Wildman–Crippen LogP) is 2.84. The van der Waals surface area contributed by atoms with Gasteiger partial charge in [-0.15, -0.1) is 0 Å². The molecule has 23 heavy (non-hydrogen) atoms. The number of rotatable bonds is 6. The van der Waals surface area contributed by atoms with Crippen LogP contribution in [0.15, 0.2) is 54.6 Å². The fourth-order valence-corrected chi connectivity index (χ4v) is 1.97. The Bertz CT molecular complexity index is 669. The minimum atomic E-state index is -0.311. The third kappa shape index (κ3) is 5.14. The van der Waals surface area contributed by atoms with Crippen molar-refractivity contribution in [3.63, 3.8) is 0 Å². The zero-order chi connectivity index (χ0) is 16.7. The summed E-state index contributed by atoms with van der Waals surface area (Å²) < 4.78 is 5.64. The van der Waals surface area contributed by atoms with Gasteiger partial charge in [-0.2, -0.15) is 0 Å². The highest BCUT2D eigenvalue weighted by atomic mass is 16.5. The Hall–Kier alpha value is -2.82. The Labute approximate surface area is 135 Å². The number of nitrogens with one attached hydrogen (secondary N) is 2. The molecule has 5 heteroatoms. The maximum atomic E-state index is 12.0. The van der Waals surface area contributed by atoms with Crippen LogP contribution < -0.4 is 15.4 Å². The Kier molecular flexibility index (Phi) is 5.74. The molecule has 2 aromatic carbocycles. The van der Waals surface area contributed by atoms with Gasteiger partial charge in [0.05, 0.1) is 18.3 Å². The number of carbonyl (C=O) groups is 2. The van der Waals surface area contributed by atoms with Crippen LogP contribution in [0.5, 0.6) is 5.75 Å². The molecule has 2 N–H and O–H groups in total. The number of amides is 2. The van der Waals surface area contributed by atoms with E-state index in [0.29, 0.717) is 17.0 Å². The maximum Gasteiger partial charge on any atom is 0.251 e. The molecule has 0 heterocycles. The lowest BCUT2D eigenvalue weighted by atomic mass is 10.2. The van der Waals surface area contributed by atoms with Crippen molar-refractivity contribution in [3.8, 4) is 5.75 Å². The van der Waals surface area contributed by atoms with Gasteiger partial charge in [0, 0.05) is 5.56 Å². The number of benzene rings is 2. The Morgan fingerprint density at radius 2 is 1.65 bits per heavy atom. The zero-order valence-electron chi connectivity index (χ0n) is 13.2. The Balaban J connectivity index is 1.91. The van der Waals surface area contributed by atoms with E-state index >= 15 is 0 Å². The van der Waals surface area contributed by atoms with E-state index in [9.17, 15) is 9.59 Å². The molecule has 5 nitrogen and oxygen atoms in total. The summed E-state index contributed by atoms with van der Waals surface area (Å²) in [6, 6.07) is 16.0. The molecule has 2 aromatic rings. The summed E-state index contributed by atoms with van der Waals surface area (Å²) in [5.74, 6) is 0.00629. The van der Waals surface area contributed by atoms with Gasteiger partial charge in [-0.1, -0.05) is 30.3 Å². The number of anilines is 1. The molecule has 0 aliphatic carbocycles. The molecule has 0 saturated carbocycles. The molecule has 0 aliphatic rings. The molecular weight excluding hydrogens is 292 g/mol. The van der Waals surface area contributed by atoms with E-state index in [1.165, 1.54) is 0 Å². The highest BCUT2D eigenvalue weighted by molar-refractivity contribution is 5.99. The first kappa shape index (κ1) is 16.5. The molecule has 0 saturated heterocycles. The number of hydrogen-bond donors (Lipinski definition) is 2. The summed E-state index contributed by atoms with van der Waals surface area (Å²) in [4.78, 5) is 23.9. The van der Waals surface area contributed by atoms with Crippen LogP contribution in [-0.4, -0.2) is 24.5 Å². The van der Waals surface area contributed by atoms with E-state index in [1.807, 2.05) is 32.0 Å². The van der Waals surface area contributed by atoms with E-state index in [1.54, 1.807) is 36.4 Å². The minimum absolute atomic E-state index is 0.00540. The van der Waals surface area contributed by atoms with Crippen molar-refractivity contribution >= 4 is 17.5 Å². The van der Waals surface area contributed by atoms with Gasteiger partial charge in [0.25, 0.3) is 5.91 Å². The molecule has 0 bridgehead atoms. The van der Waals surface area contributed by atoms with Gasteiger partial charge < -0.3 is 15.4 Å². The number of para-hydroxylation sites is 2. The first-order valence-electron chi connectivity index (χ1n) is 7.45. The summed E-state index contributed by atoms with van der Waals surface area (Å²) in [5.41, 5.74) is 1.10. The van der Waals surface area contributed by atoms with Crippen molar-refractivity contribution in [2.24, 2.45) is 0 Å². The Morgan fingerprint density at radius 3 is 2.35 bits per heavy atom. The standard InChI is InChI=1S/C18H20N2O3/c1-13(2)23-16-11-7-6-10-15(16)20-17(21)12-19-18(22)14-8-4-3-5-9-14/h3-11,13H,12H2,1-2H3,(H,19,22)(H,20,21). The molecule has 0 spiro atoms. The van der Waals surface area contributed by atoms with E-state index in [4.69, 9.17) is 4.74 Å². The summed E-state index contributed by atoms with van der Waals surface area (Å²) in [6.45, 7) is 3.72. The highest BCUT2D eigenvalue weighted by Gasteiger charge is 2.10. The molecule has 0 atom stereocenters. The van der Waals surface area contributed by atoms with Gasteiger partial charge in [-0.05, 0) is 38.1 Å². The van der Waals surface area contributed by atoms with Crippen LogP contribution in [0.25, 0.3) is 0 Å². The molecule has 2 rings (SSSR count). The van der Waals surface area contributed by atoms with Crippen molar-refractivity contribution < 1.29 is 14.3 Å². The number of hydrogen-bond acceptors (Lipinski definition) is 3. The zero-order valence-corrected chi connectivity index (χ0v) is 13.2. The molecule has 0 aromatic heterocycles. The van der Waals surface area contributed by atoms with Crippen molar-refractivity contribution in [1.82, 2.24) is 5.32 Å². The molecule has 0 aliphatic heterocycles. The van der Waals surface area contributed by atoms with E-state index < -0.39 is 0 Å². The summed E-state index contributed by atoms with van der Waals surface area (Å²) in [5, 5.41) is 5.33. The first-order valence-corrected chi connectivity index (χ1v) is 7.45. The van der Waals surface area contributed by atoms with Crippen LogP contribution in [0, 0.1) is 0 Å². The average molecular weight is 312 g/mol. The van der Waals surface area contributed by atoms with Gasteiger partial charge in [-0.25, -0.2) is 0 Å². The third-order valence-corrected chi connectivity index (χ3v) is 2.97. The second kappa shape index (κ2) is 7.98. The minimum Gasteiger partial charge on any atom is -0.489 e. The SMILES string of the molecule is CC(C)Oc1ccccc1NC(=O)CNC(=O)c1ccccc1. The van der Waals surface area contributed by atoms with Crippen LogP contribution in [0.2, 0.25) is 0 Å². The largest absolute Gasteiger partial charge is 0.489 e. The van der Waals surface area contributed by atoms with Crippen LogP contribution in [-0.2, 0) is 4.79 Å². The molecular formula is C18H20N2O3. The van der Waals surface area contributed by atoms with Crippen LogP contribution >= 0.6 is 0 Å². The molecule has 0 radical (unpaired) electrons. The van der Waals surface area contributed by atoms with Crippen LogP contribution in [0.3, 0.4) is 0 Å². The quantitative estimate of drug-likeness (QED) is 0.862. The van der Waals surface area contributed by atoms with Crippen molar-refractivity contribution in [3.05, 3.63) is 60.2 Å². The van der Waals surface area contributed by atoms with Gasteiger partial charge in [-0.3, -0.25) is 9.59 Å². The van der Waals surface area contributed by atoms with Crippen molar-refractivity contribution in [2.75, 3.05) is 11.9 Å². The predicted molar refractivity (Wildman–Crippen MR) is 89.6 cm³/mol. The maximum absolute atomic E-state index is 12.0. The smallest absolute Gasteiger partial charge is 0.251 e. The number of carbonyl (C=O) groups excluding carboxylic acids is 2. The molecule has 0 unspecified atom stereocenters. The Morgan fingerprint density at radius 1 is 1.00 bits per heavy atom. The topological polar surface area (TPSA) is 67.4 Å². The summed E-state index contributed by atoms with van der Waals surface area (Å²) in [7, 11) is 0. The second-order valence-electron chi connectivity index (χ2n) is 5.26. The summed E-state index contributed by atoms with van der Waals surface area (Å²) >= 11 is 0. The van der Waals surface area contributed by atoms with E-state index in [2.05, 4.69) is 10.6 Å². The van der Waals surface area contributed by atoms with Gasteiger partial charge in [0.1, 0.15) is 5.75 Å². The summed E-state index contributed by atoms with van der Waals surface area (Å²) in [6.07, 6.45) is 0.00540. The lowest BCUT2D eigenvalue weighted by Crippen LogP contribution is -2.32. The fraction of sp³-hybridized carbons (Fsp3) is 0.222. The average Bonchev–Trinajstić information content (AvgIpc) is 2.55. The van der Waals surface area contributed by atoms with Crippen LogP contribution in [0.1, 0.15) is 24.2 Å². The molecule has 2 amide bonds. The van der Waals surface area contributed by atoms with Gasteiger partial charge in [0.2, 0.25) is 5.91 Å². The monoisotopic (exact) mass is 312 g/mol. The van der Waals surface area contributed by atoms with Gasteiger partial charge >= 0.3 is 0 Å². The lowest BCUT2D eigenvalue weighted by molar-refractivity contribution is -0.115. The molecule has 0 fully saturated rings. The first-order chi connectivity index (χ1) is 11.1. The fourth-order valence-electron chi connectivity index (χ4n) is 1.97. The normalized spacial score (nSPS) is 10.2. The second-order valence-corrected chi connectivity index (χ2v) is 5.26.